The molecule has 2 saturated heterocycles. The molecule has 2 aromatic carbocycles. The molecule has 11 heteroatoms. The van der Waals surface area contributed by atoms with E-state index in [2.05, 4.69) is 4.85 Å². The molecule has 0 aliphatic carbocycles. The summed E-state index contributed by atoms with van der Waals surface area (Å²) in [7, 11) is -3.79. The molecule has 0 spiro atoms. The number of benzene rings is 2. The molecule has 1 unspecified atom stereocenters. The fraction of sp³-hybridized carbons (Fsp3) is 0.286. The summed E-state index contributed by atoms with van der Waals surface area (Å²) in [5.41, 5.74) is 0.0440. The van der Waals surface area contributed by atoms with Crippen LogP contribution in [0.3, 0.4) is 0 Å². The summed E-state index contributed by atoms with van der Waals surface area (Å²) < 4.78 is 28.5. The molecule has 2 aliphatic heterocycles. The number of urea groups is 1. The second-order valence-electron chi connectivity index (χ2n) is 7.77. The van der Waals surface area contributed by atoms with E-state index in [9.17, 15) is 18.0 Å². The Labute approximate surface area is 195 Å². The van der Waals surface area contributed by atoms with Crippen LogP contribution in [0.5, 0.6) is 0 Å². The third-order valence-corrected chi connectivity index (χ3v) is 6.53. The summed E-state index contributed by atoms with van der Waals surface area (Å²) in [5.74, 6) is -0.519. The maximum atomic E-state index is 13.7. The molecule has 2 atom stereocenters. The fourth-order valence-corrected chi connectivity index (χ4v) is 5.42. The van der Waals surface area contributed by atoms with Gasteiger partial charge in [0.15, 0.2) is 5.69 Å². The van der Waals surface area contributed by atoms with E-state index in [0.29, 0.717) is 5.69 Å². The molecule has 0 aromatic heterocycles. The van der Waals surface area contributed by atoms with Gasteiger partial charge in [-0.1, -0.05) is 47.5 Å². The summed E-state index contributed by atoms with van der Waals surface area (Å²) >= 11 is 12.2. The van der Waals surface area contributed by atoms with Crippen LogP contribution < -0.4 is 4.90 Å². The van der Waals surface area contributed by atoms with Gasteiger partial charge in [0.25, 0.3) is 16.0 Å². The van der Waals surface area contributed by atoms with Crippen LogP contribution >= 0.6 is 23.2 Å². The minimum absolute atomic E-state index is 0.0000120. The van der Waals surface area contributed by atoms with Gasteiger partial charge in [-0.05, 0) is 23.8 Å². The lowest BCUT2D eigenvalue weighted by molar-refractivity contribution is -0.124. The van der Waals surface area contributed by atoms with Gasteiger partial charge in [-0.15, -0.1) is 0 Å². The number of carbonyl (C=O) groups excluding carboxylic acids is 2. The van der Waals surface area contributed by atoms with Crippen molar-refractivity contribution >= 4 is 56.6 Å². The van der Waals surface area contributed by atoms with Gasteiger partial charge in [0.2, 0.25) is 0 Å². The van der Waals surface area contributed by atoms with E-state index < -0.39 is 33.7 Å². The molecule has 8 nitrogen and oxygen atoms in total. The van der Waals surface area contributed by atoms with E-state index in [1.165, 1.54) is 23.1 Å². The van der Waals surface area contributed by atoms with Gasteiger partial charge in [0, 0.05) is 22.9 Å². The molecule has 2 aromatic rings. The lowest BCUT2D eigenvalue weighted by Gasteiger charge is -2.28. The van der Waals surface area contributed by atoms with Crippen molar-refractivity contribution < 1.29 is 22.2 Å². The van der Waals surface area contributed by atoms with E-state index in [4.69, 9.17) is 34.0 Å². The second kappa shape index (κ2) is 8.05. The first kappa shape index (κ1) is 22.6. The van der Waals surface area contributed by atoms with Crippen molar-refractivity contribution in [2.45, 2.75) is 24.5 Å². The monoisotopic (exact) mass is 493 g/mol. The molecule has 3 amide bonds. The lowest BCUT2D eigenvalue weighted by Crippen LogP contribution is -2.47. The number of fused-ring (bicyclic) bond motifs is 1. The molecular formula is C21H17Cl2N3O5S. The maximum Gasteiger partial charge on any atom is 0.332 e. The van der Waals surface area contributed by atoms with Crippen LogP contribution in [0.15, 0.2) is 42.5 Å². The molecule has 2 fully saturated rings. The van der Waals surface area contributed by atoms with Crippen molar-refractivity contribution in [2.75, 3.05) is 17.7 Å². The van der Waals surface area contributed by atoms with Crippen LogP contribution in [0, 0.1) is 6.57 Å². The third kappa shape index (κ3) is 4.07. The average molecular weight is 494 g/mol. The van der Waals surface area contributed by atoms with Crippen LogP contribution in [-0.2, 0) is 25.5 Å². The van der Waals surface area contributed by atoms with E-state index in [1.807, 2.05) is 0 Å². The highest BCUT2D eigenvalue weighted by atomic mass is 35.5. The fourth-order valence-electron chi connectivity index (χ4n) is 4.29. The molecular weight excluding hydrogens is 477 g/mol. The largest absolute Gasteiger partial charge is 0.332 e. The zero-order valence-electron chi connectivity index (χ0n) is 16.8. The summed E-state index contributed by atoms with van der Waals surface area (Å²) in [6.07, 6.45) is 0.200. The van der Waals surface area contributed by atoms with Crippen LogP contribution in [0.1, 0.15) is 12.0 Å². The maximum absolute atomic E-state index is 13.7. The second-order valence-corrected chi connectivity index (χ2v) is 10.2. The quantitative estimate of drug-likeness (QED) is 0.356. The SMILES string of the molecule is [C-]#[N+]c1ccc(C[C@@]23CC(OS(C)(=O)=O)CN2C(=O)N(c2cc(Cl)cc(Cl)c2)C3=O)cc1. The van der Waals surface area contributed by atoms with Gasteiger partial charge in [-0.25, -0.2) is 14.5 Å². The van der Waals surface area contributed by atoms with Gasteiger partial charge in [-0.3, -0.25) is 8.98 Å². The Balaban J connectivity index is 1.76. The van der Waals surface area contributed by atoms with E-state index in [1.54, 1.807) is 24.3 Å². The van der Waals surface area contributed by atoms with Crippen molar-refractivity contribution in [3.05, 3.63) is 69.5 Å². The van der Waals surface area contributed by atoms with E-state index in [-0.39, 0.29) is 35.1 Å². The summed E-state index contributed by atoms with van der Waals surface area (Å²) in [6.45, 7) is 7.03. The molecule has 0 saturated carbocycles. The van der Waals surface area contributed by atoms with Gasteiger partial charge >= 0.3 is 6.03 Å². The number of imide groups is 1. The minimum Gasteiger partial charge on any atom is -0.306 e. The van der Waals surface area contributed by atoms with Crippen molar-refractivity contribution in [1.29, 1.82) is 0 Å². The smallest absolute Gasteiger partial charge is 0.306 e. The summed E-state index contributed by atoms with van der Waals surface area (Å²) in [5, 5.41) is 0.532. The van der Waals surface area contributed by atoms with Crippen molar-refractivity contribution in [2.24, 2.45) is 0 Å². The Hall–Kier alpha value is -2.64. The number of nitrogens with zero attached hydrogens (tertiary/aromatic N) is 3. The van der Waals surface area contributed by atoms with Crippen molar-refractivity contribution in [3.63, 3.8) is 0 Å². The number of amides is 3. The molecule has 0 bridgehead atoms. The number of hydrogen-bond acceptors (Lipinski definition) is 5. The standard InChI is InChI=1S/C21H17Cl2N3O5S/c1-24-16-5-3-13(4-6-16)10-21-11-18(31-32(2,29)30)12-25(21)20(28)26(19(21)27)17-8-14(22)7-15(23)9-17/h3-9,18H,10-12H2,2H3/t18?,21-/m0/s1. The summed E-state index contributed by atoms with van der Waals surface area (Å²) in [4.78, 5) is 32.8. The van der Waals surface area contributed by atoms with Crippen LogP contribution in [0.4, 0.5) is 16.2 Å². The molecule has 0 N–H and O–H groups in total. The zero-order valence-corrected chi connectivity index (χ0v) is 19.1. The molecule has 2 heterocycles. The lowest BCUT2D eigenvalue weighted by atomic mass is 9.87. The van der Waals surface area contributed by atoms with Gasteiger partial charge < -0.3 is 4.90 Å². The Morgan fingerprint density at radius 2 is 1.78 bits per heavy atom. The predicted octanol–water partition coefficient (Wildman–Crippen LogP) is 4.04. The number of hydrogen-bond donors (Lipinski definition) is 0. The first-order valence-corrected chi connectivity index (χ1v) is 12.1. The van der Waals surface area contributed by atoms with Gasteiger partial charge in [-0.2, -0.15) is 8.42 Å². The average Bonchev–Trinajstić information content (AvgIpc) is 3.13. The molecule has 2 aliphatic rings. The van der Waals surface area contributed by atoms with E-state index in [0.717, 1.165) is 16.7 Å². The Morgan fingerprint density at radius 3 is 2.34 bits per heavy atom. The minimum atomic E-state index is -3.79. The third-order valence-electron chi connectivity index (χ3n) is 5.47. The highest BCUT2D eigenvalue weighted by Crippen LogP contribution is 2.44. The van der Waals surface area contributed by atoms with Crippen LogP contribution in [-0.4, -0.2) is 49.7 Å². The Kier molecular flexibility index (Phi) is 5.67. The first-order chi connectivity index (χ1) is 15.0. The zero-order chi connectivity index (χ0) is 23.3. The molecule has 166 valence electrons. The van der Waals surface area contributed by atoms with Crippen LogP contribution in [0.2, 0.25) is 10.0 Å². The van der Waals surface area contributed by atoms with Crippen molar-refractivity contribution in [3.8, 4) is 0 Å². The predicted molar refractivity (Wildman–Crippen MR) is 120 cm³/mol. The Bertz CT molecular complexity index is 1240. The van der Waals surface area contributed by atoms with Crippen LogP contribution in [0.25, 0.3) is 4.85 Å². The Morgan fingerprint density at radius 1 is 1.16 bits per heavy atom. The van der Waals surface area contributed by atoms with Gasteiger partial charge in [0.1, 0.15) is 5.54 Å². The number of anilines is 1. The summed E-state index contributed by atoms with van der Waals surface area (Å²) in [6, 6.07) is 10.5. The molecule has 4 rings (SSSR count). The molecule has 32 heavy (non-hydrogen) atoms. The highest BCUT2D eigenvalue weighted by molar-refractivity contribution is 7.86. The normalized spacial score (nSPS) is 22.9. The highest BCUT2D eigenvalue weighted by Gasteiger charge is 2.63. The number of carbonyl (C=O) groups is 2. The van der Waals surface area contributed by atoms with Crippen molar-refractivity contribution in [1.82, 2.24) is 4.90 Å². The van der Waals surface area contributed by atoms with Gasteiger partial charge in [0.05, 0.1) is 31.2 Å². The topological polar surface area (TPSA) is 88.3 Å². The first-order valence-electron chi connectivity index (χ1n) is 9.49. The molecule has 0 radical (unpaired) electrons. The number of halogens is 2. The van der Waals surface area contributed by atoms with E-state index >= 15 is 0 Å². The number of rotatable bonds is 5.